The molecule has 0 bridgehead atoms. The fourth-order valence-corrected chi connectivity index (χ4v) is 2.12. The van der Waals surface area contributed by atoms with E-state index in [9.17, 15) is 0 Å². The third-order valence-electron chi connectivity index (χ3n) is 3.21. The molecule has 0 aromatic rings. The van der Waals surface area contributed by atoms with Gasteiger partial charge in [-0.05, 0) is 32.6 Å². The second-order valence-electron chi connectivity index (χ2n) is 4.98. The molecule has 3 atom stereocenters. The van der Waals surface area contributed by atoms with E-state index in [4.69, 9.17) is 5.73 Å². The Balaban J connectivity index is 1.95. The Kier molecular flexibility index (Phi) is 1.37. The number of nitrogens with zero attached hydrogens (tertiary/aromatic N) is 1. The molecule has 11 heavy (non-hydrogen) atoms. The van der Waals surface area contributed by atoms with Crippen LogP contribution in [-0.2, 0) is 0 Å². The molecule has 0 aromatic heterocycles. The molecule has 2 aliphatic rings. The topological polar surface area (TPSA) is 29.3 Å². The Morgan fingerprint density at radius 2 is 1.64 bits per heavy atom. The van der Waals surface area contributed by atoms with Crippen LogP contribution < -0.4 is 5.73 Å². The molecule has 1 heterocycles. The number of piperidine rings is 1. The first-order valence-electron chi connectivity index (χ1n) is 4.51. The van der Waals surface area contributed by atoms with Gasteiger partial charge in [-0.15, -0.1) is 0 Å². The zero-order valence-corrected chi connectivity index (χ0v) is 7.67. The summed E-state index contributed by atoms with van der Waals surface area (Å²) in [5, 5.41) is 0. The fourth-order valence-electron chi connectivity index (χ4n) is 2.12. The van der Waals surface area contributed by atoms with Gasteiger partial charge in [0.2, 0.25) is 0 Å². The van der Waals surface area contributed by atoms with Crippen LogP contribution in [0.5, 0.6) is 0 Å². The molecule has 1 unspecified atom stereocenters. The molecule has 0 spiro atoms. The summed E-state index contributed by atoms with van der Waals surface area (Å²) < 4.78 is 0. The lowest BCUT2D eigenvalue weighted by Gasteiger charge is -2.33. The predicted octanol–water partition coefficient (Wildman–Crippen LogP) is 0.674. The Bertz CT molecular complexity index is 159. The number of fused-ring (bicyclic) bond motifs is 1. The van der Waals surface area contributed by atoms with Gasteiger partial charge >= 0.3 is 0 Å². The summed E-state index contributed by atoms with van der Waals surface area (Å²) >= 11 is 0. The number of rotatable bonds is 0. The van der Waals surface area contributed by atoms with E-state index in [2.05, 4.69) is 25.7 Å². The van der Waals surface area contributed by atoms with Gasteiger partial charge in [-0.25, -0.2) is 0 Å². The van der Waals surface area contributed by atoms with Crippen molar-refractivity contribution >= 4 is 0 Å². The molecule has 1 aliphatic heterocycles. The lowest BCUT2D eigenvalue weighted by atomic mass is 10.1. The van der Waals surface area contributed by atoms with Crippen molar-refractivity contribution in [2.75, 3.05) is 13.1 Å². The van der Waals surface area contributed by atoms with Gasteiger partial charge in [0.1, 0.15) is 0 Å². The highest BCUT2D eigenvalue weighted by molar-refractivity contribution is 5.10. The molecular weight excluding hydrogens is 136 g/mol. The van der Waals surface area contributed by atoms with Crippen LogP contribution in [-0.4, -0.2) is 29.6 Å². The third kappa shape index (κ3) is 1.09. The summed E-state index contributed by atoms with van der Waals surface area (Å²) in [6, 6.07) is 0.536. The standard InChI is InChI=1S/C9H18N2/c1-9(2,3)11-4-6-7(5-11)8(6)10/h6-8H,4-5,10H2,1-3H3/t6-,7?,8-/m0/s1. The van der Waals surface area contributed by atoms with Crippen LogP contribution in [0, 0.1) is 11.8 Å². The largest absolute Gasteiger partial charge is 0.327 e. The van der Waals surface area contributed by atoms with E-state index in [-0.39, 0.29) is 0 Å². The van der Waals surface area contributed by atoms with Crippen molar-refractivity contribution in [3.05, 3.63) is 0 Å². The molecule has 2 fully saturated rings. The molecule has 1 aliphatic carbocycles. The molecule has 2 nitrogen and oxygen atoms in total. The lowest BCUT2D eigenvalue weighted by Crippen LogP contribution is -2.42. The van der Waals surface area contributed by atoms with Crippen molar-refractivity contribution in [1.82, 2.24) is 4.90 Å². The Labute approximate surface area is 68.7 Å². The fraction of sp³-hybridized carbons (Fsp3) is 1.00. The number of hydrogen-bond donors (Lipinski definition) is 1. The number of hydrogen-bond acceptors (Lipinski definition) is 2. The van der Waals surface area contributed by atoms with Crippen LogP contribution in [0.3, 0.4) is 0 Å². The molecule has 2 N–H and O–H groups in total. The van der Waals surface area contributed by atoms with Crippen molar-refractivity contribution in [2.24, 2.45) is 17.6 Å². The van der Waals surface area contributed by atoms with E-state index in [0.717, 1.165) is 11.8 Å². The predicted molar refractivity (Wildman–Crippen MR) is 46.3 cm³/mol. The van der Waals surface area contributed by atoms with E-state index in [1.165, 1.54) is 13.1 Å². The van der Waals surface area contributed by atoms with Crippen LogP contribution in [0.1, 0.15) is 20.8 Å². The van der Waals surface area contributed by atoms with Crippen molar-refractivity contribution in [3.8, 4) is 0 Å². The monoisotopic (exact) mass is 154 g/mol. The van der Waals surface area contributed by atoms with E-state index in [0.29, 0.717) is 11.6 Å². The minimum Gasteiger partial charge on any atom is -0.327 e. The van der Waals surface area contributed by atoms with Gasteiger partial charge in [-0.1, -0.05) is 0 Å². The quantitative estimate of drug-likeness (QED) is 0.556. The Hall–Kier alpha value is -0.0800. The van der Waals surface area contributed by atoms with Crippen molar-refractivity contribution < 1.29 is 0 Å². The first-order valence-corrected chi connectivity index (χ1v) is 4.51. The van der Waals surface area contributed by atoms with Crippen LogP contribution in [0.15, 0.2) is 0 Å². The highest BCUT2D eigenvalue weighted by atomic mass is 15.2. The summed E-state index contributed by atoms with van der Waals surface area (Å²) in [7, 11) is 0. The van der Waals surface area contributed by atoms with Crippen LogP contribution in [0.2, 0.25) is 0 Å². The minimum atomic E-state index is 0.354. The van der Waals surface area contributed by atoms with Gasteiger partial charge < -0.3 is 5.73 Å². The third-order valence-corrected chi connectivity index (χ3v) is 3.21. The maximum atomic E-state index is 5.85. The van der Waals surface area contributed by atoms with E-state index < -0.39 is 0 Å². The first-order chi connectivity index (χ1) is 5.00. The average Bonchev–Trinajstić information content (AvgIpc) is 2.39. The lowest BCUT2D eigenvalue weighted by molar-refractivity contribution is 0.153. The molecule has 0 aromatic carbocycles. The smallest absolute Gasteiger partial charge is 0.0127 e. The maximum Gasteiger partial charge on any atom is 0.0127 e. The Morgan fingerprint density at radius 3 is 2.00 bits per heavy atom. The Morgan fingerprint density at radius 1 is 1.18 bits per heavy atom. The van der Waals surface area contributed by atoms with Gasteiger partial charge in [-0.3, -0.25) is 4.90 Å². The maximum absolute atomic E-state index is 5.85. The number of nitrogens with two attached hydrogens (primary N) is 1. The molecule has 2 rings (SSSR count). The first kappa shape index (κ1) is 7.56. The highest BCUT2D eigenvalue weighted by Crippen LogP contribution is 2.45. The van der Waals surface area contributed by atoms with Crippen molar-refractivity contribution in [3.63, 3.8) is 0 Å². The summed E-state index contributed by atoms with van der Waals surface area (Å²) in [5.41, 5.74) is 6.20. The average molecular weight is 154 g/mol. The zero-order valence-electron chi connectivity index (χ0n) is 7.67. The normalized spacial score (nSPS) is 44.2. The SMILES string of the molecule is CC(C)(C)N1CC2[C@@H](N)[C@H]2C1. The molecule has 2 heteroatoms. The summed E-state index contributed by atoms with van der Waals surface area (Å²) in [5.74, 6) is 1.66. The molecular formula is C9H18N2. The van der Waals surface area contributed by atoms with E-state index in [1.54, 1.807) is 0 Å². The summed E-state index contributed by atoms with van der Waals surface area (Å²) in [6.07, 6.45) is 0. The molecule has 1 saturated carbocycles. The van der Waals surface area contributed by atoms with Gasteiger partial charge in [0, 0.05) is 24.7 Å². The number of likely N-dealkylation sites (tertiary alicyclic amines) is 1. The van der Waals surface area contributed by atoms with Crippen molar-refractivity contribution in [2.45, 2.75) is 32.4 Å². The summed E-state index contributed by atoms with van der Waals surface area (Å²) in [4.78, 5) is 2.55. The zero-order chi connectivity index (χ0) is 8.22. The van der Waals surface area contributed by atoms with Crippen LogP contribution in [0.25, 0.3) is 0 Å². The molecule has 64 valence electrons. The molecule has 0 radical (unpaired) electrons. The van der Waals surface area contributed by atoms with Gasteiger partial charge in [0.15, 0.2) is 0 Å². The van der Waals surface area contributed by atoms with Crippen LogP contribution >= 0.6 is 0 Å². The van der Waals surface area contributed by atoms with Crippen LogP contribution in [0.4, 0.5) is 0 Å². The summed E-state index contributed by atoms with van der Waals surface area (Å²) in [6.45, 7) is 9.31. The molecule has 1 saturated heterocycles. The van der Waals surface area contributed by atoms with E-state index in [1.807, 2.05) is 0 Å². The minimum absolute atomic E-state index is 0.354. The second kappa shape index (κ2) is 1.99. The van der Waals surface area contributed by atoms with Gasteiger partial charge in [0.25, 0.3) is 0 Å². The van der Waals surface area contributed by atoms with E-state index >= 15 is 0 Å². The van der Waals surface area contributed by atoms with Gasteiger partial charge in [-0.2, -0.15) is 0 Å². The second-order valence-corrected chi connectivity index (χ2v) is 4.98. The molecule has 0 amide bonds. The van der Waals surface area contributed by atoms with Crippen molar-refractivity contribution in [1.29, 1.82) is 0 Å². The highest BCUT2D eigenvalue weighted by Gasteiger charge is 2.55. The van der Waals surface area contributed by atoms with Gasteiger partial charge in [0.05, 0.1) is 0 Å².